The molecule has 1 N–H and O–H groups in total. The number of benzene rings is 1. The highest BCUT2D eigenvalue weighted by molar-refractivity contribution is 5.94. The van der Waals surface area contributed by atoms with Crippen LogP contribution in [0, 0.1) is 5.82 Å². The first-order valence-corrected chi connectivity index (χ1v) is 7.23. The molecule has 1 unspecified atom stereocenters. The van der Waals surface area contributed by atoms with Gasteiger partial charge in [-0.2, -0.15) is 0 Å². The maximum Gasteiger partial charge on any atom is 0.253 e. The minimum atomic E-state index is -0.304. The Labute approximate surface area is 130 Å². The summed E-state index contributed by atoms with van der Waals surface area (Å²) in [4.78, 5) is 16.7. The Morgan fingerprint density at radius 1 is 1.14 bits per heavy atom. The van der Waals surface area contributed by atoms with Gasteiger partial charge in [0.1, 0.15) is 5.82 Å². The van der Waals surface area contributed by atoms with Crippen LogP contribution in [0.5, 0.6) is 0 Å². The number of rotatable bonds is 2. The van der Waals surface area contributed by atoms with E-state index in [1.165, 1.54) is 12.1 Å². The molecule has 0 bridgehead atoms. The van der Waals surface area contributed by atoms with Crippen molar-refractivity contribution in [1.82, 2.24) is 15.1 Å². The Hall–Kier alpha value is -1.17. The molecule has 21 heavy (non-hydrogen) atoms. The molecule has 2 aliphatic rings. The molecule has 1 aromatic carbocycles. The zero-order chi connectivity index (χ0) is 13.9. The molecule has 0 aromatic heterocycles. The highest BCUT2D eigenvalue weighted by Crippen LogP contribution is 2.18. The number of carbonyl (C=O) groups is 1. The molecule has 1 amide bonds. The standard InChI is InChI=1S/C15H20FN3O.ClH/c16-13-3-1-12(2-4-13)15(20)19-8-5-14(11-19)18-9-6-17-7-10-18;/h1-4,14,17H,5-11H2;1H. The van der Waals surface area contributed by atoms with Gasteiger partial charge in [0.25, 0.3) is 5.91 Å². The van der Waals surface area contributed by atoms with Gasteiger partial charge in [-0.05, 0) is 30.7 Å². The maximum atomic E-state index is 12.9. The number of piperazine rings is 1. The Morgan fingerprint density at radius 3 is 2.48 bits per heavy atom. The quantitative estimate of drug-likeness (QED) is 0.896. The van der Waals surface area contributed by atoms with E-state index in [0.717, 1.165) is 45.7 Å². The fourth-order valence-corrected chi connectivity index (χ4v) is 3.05. The number of hydrogen-bond acceptors (Lipinski definition) is 3. The third-order valence-electron chi connectivity index (χ3n) is 4.21. The van der Waals surface area contributed by atoms with Crippen molar-refractivity contribution in [3.63, 3.8) is 0 Å². The minimum absolute atomic E-state index is 0. The number of nitrogens with one attached hydrogen (secondary N) is 1. The predicted octanol–water partition coefficient (Wildman–Crippen LogP) is 1.37. The summed E-state index contributed by atoms with van der Waals surface area (Å²) in [5.74, 6) is -0.288. The first-order chi connectivity index (χ1) is 9.74. The summed E-state index contributed by atoms with van der Waals surface area (Å²) in [6.45, 7) is 5.76. The molecule has 1 atom stereocenters. The lowest BCUT2D eigenvalue weighted by molar-refractivity contribution is 0.0773. The van der Waals surface area contributed by atoms with Crippen molar-refractivity contribution in [1.29, 1.82) is 0 Å². The van der Waals surface area contributed by atoms with Gasteiger partial charge in [0.05, 0.1) is 0 Å². The zero-order valence-corrected chi connectivity index (χ0v) is 12.7. The molecule has 116 valence electrons. The van der Waals surface area contributed by atoms with E-state index >= 15 is 0 Å². The van der Waals surface area contributed by atoms with Crippen LogP contribution in [0.1, 0.15) is 16.8 Å². The Morgan fingerprint density at radius 2 is 1.81 bits per heavy atom. The molecule has 4 nitrogen and oxygen atoms in total. The van der Waals surface area contributed by atoms with Crippen LogP contribution >= 0.6 is 12.4 Å². The van der Waals surface area contributed by atoms with E-state index in [-0.39, 0.29) is 24.1 Å². The van der Waals surface area contributed by atoms with E-state index in [0.29, 0.717) is 11.6 Å². The second-order valence-corrected chi connectivity index (χ2v) is 5.49. The first-order valence-electron chi connectivity index (χ1n) is 7.23. The highest BCUT2D eigenvalue weighted by atomic mass is 35.5. The number of nitrogens with zero attached hydrogens (tertiary/aromatic N) is 2. The maximum absolute atomic E-state index is 12.9. The fourth-order valence-electron chi connectivity index (χ4n) is 3.05. The van der Waals surface area contributed by atoms with Gasteiger partial charge in [0.2, 0.25) is 0 Å². The average molecular weight is 314 g/mol. The van der Waals surface area contributed by atoms with Gasteiger partial charge in [0.15, 0.2) is 0 Å². The Balaban J connectivity index is 0.00000161. The van der Waals surface area contributed by atoms with Gasteiger partial charge in [-0.1, -0.05) is 0 Å². The smallest absolute Gasteiger partial charge is 0.253 e. The largest absolute Gasteiger partial charge is 0.337 e. The molecule has 0 radical (unpaired) electrons. The average Bonchev–Trinajstić information content (AvgIpc) is 2.98. The van der Waals surface area contributed by atoms with E-state index in [4.69, 9.17) is 0 Å². The number of amides is 1. The molecule has 1 aromatic rings. The third-order valence-corrected chi connectivity index (χ3v) is 4.21. The van der Waals surface area contributed by atoms with Crippen LogP contribution in [0.4, 0.5) is 4.39 Å². The van der Waals surface area contributed by atoms with Crippen LogP contribution in [0.3, 0.4) is 0 Å². The lowest BCUT2D eigenvalue weighted by atomic mass is 10.2. The van der Waals surface area contributed by atoms with Crippen LogP contribution in [0.2, 0.25) is 0 Å². The molecular weight excluding hydrogens is 293 g/mol. The van der Waals surface area contributed by atoms with Crippen LogP contribution < -0.4 is 5.32 Å². The van der Waals surface area contributed by atoms with Crippen molar-refractivity contribution in [3.05, 3.63) is 35.6 Å². The van der Waals surface area contributed by atoms with Gasteiger partial charge in [0, 0.05) is 50.9 Å². The number of likely N-dealkylation sites (tertiary alicyclic amines) is 1. The molecule has 2 fully saturated rings. The number of halogens is 2. The third kappa shape index (κ3) is 3.73. The Bertz CT molecular complexity index is 476. The molecule has 2 saturated heterocycles. The summed E-state index contributed by atoms with van der Waals surface area (Å²) >= 11 is 0. The van der Waals surface area contributed by atoms with E-state index in [9.17, 15) is 9.18 Å². The topological polar surface area (TPSA) is 35.6 Å². The fraction of sp³-hybridized carbons (Fsp3) is 0.533. The molecule has 0 spiro atoms. The van der Waals surface area contributed by atoms with E-state index in [1.807, 2.05) is 4.90 Å². The summed E-state index contributed by atoms with van der Waals surface area (Å²) in [6.07, 6.45) is 1.03. The van der Waals surface area contributed by atoms with Crippen molar-refractivity contribution in [3.8, 4) is 0 Å². The SMILES string of the molecule is Cl.O=C(c1ccc(F)cc1)N1CCC(N2CCNCC2)C1. The van der Waals surface area contributed by atoms with Crippen molar-refractivity contribution >= 4 is 18.3 Å². The second-order valence-electron chi connectivity index (χ2n) is 5.49. The van der Waals surface area contributed by atoms with Crippen LogP contribution in [0.25, 0.3) is 0 Å². The predicted molar refractivity (Wildman–Crippen MR) is 82.4 cm³/mol. The van der Waals surface area contributed by atoms with Crippen molar-refractivity contribution < 1.29 is 9.18 Å². The van der Waals surface area contributed by atoms with Crippen molar-refractivity contribution in [2.75, 3.05) is 39.3 Å². The van der Waals surface area contributed by atoms with E-state index in [2.05, 4.69) is 10.2 Å². The van der Waals surface area contributed by atoms with Gasteiger partial charge < -0.3 is 10.2 Å². The molecule has 0 aliphatic carbocycles. The van der Waals surface area contributed by atoms with E-state index < -0.39 is 0 Å². The summed E-state index contributed by atoms with van der Waals surface area (Å²) in [6, 6.07) is 6.29. The summed E-state index contributed by atoms with van der Waals surface area (Å²) in [5.41, 5.74) is 0.576. The van der Waals surface area contributed by atoms with Gasteiger partial charge >= 0.3 is 0 Å². The number of carbonyl (C=O) groups excluding carboxylic acids is 1. The zero-order valence-electron chi connectivity index (χ0n) is 11.9. The summed E-state index contributed by atoms with van der Waals surface area (Å²) in [5, 5.41) is 3.35. The lowest BCUT2D eigenvalue weighted by Gasteiger charge is -2.32. The van der Waals surface area contributed by atoms with Crippen molar-refractivity contribution in [2.24, 2.45) is 0 Å². The monoisotopic (exact) mass is 313 g/mol. The molecular formula is C15H21ClFN3O. The molecule has 0 saturated carbocycles. The summed E-state index contributed by atoms with van der Waals surface area (Å²) in [7, 11) is 0. The first kappa shape index (κ1) is 16.2. The van der Waals surface area contributed by atoms with Crippen molar-refractivity contribution in [2.45, 2.75) is 12.5 Å². The molecule has 2 heterocycles. The summed E-state index contributed by atoms with van der Waals surface area (Å²) < 4.78 is 12.9. The Kier molecular flexibility index (Phi) is 5.56. The molecule has 6 heteroatoms. The lowest BCUT2D eigenvalue weighted by Crippen LogP contribution is -2.49. The normalized spacial score (nSPS) is 22.9. The van der Waals surface area contributed by atoms with Crippen LogP contribution in [-0.4, -0.2) is 61.0 Å². The second kappa shape index (κ2) is 7.20. The number of hydrogen-bond donors (Lipinski definition) is 1. The minimum Gasteiger partial charge on any atom is -0.337 e. The van der Waals surface area contributed by atoms with Gasteiger partial charge in [-0.15, -0.1) is 12.4 Å². The van der Waals surface area contributed by atoms with E-state index in [1.54, 1.807) is 12.1 Å². The van der Waals surface area contributed by atoms with Crippen LogP contribution in [0.15, 0.2) is 24.3 Å². The molecule has 3 rings (SSSR count). The van der Waals surface area contributed by atoms with Gasteiger partial charge in [-0.25, -0.2) is 4.39 Å². The van der Waals surface area contributed by atoms with Crippen LogP contribution in [-0.2, 0) is 0 Å². The molecule has 2 aliphatic heterocycles. The highest BCUT2D eigenvalue weighted by Gasteiger charge is 2.31. The van der Waals surface area contributed by atoms with Gasteiger partial charge in [-0.3, -0.25) is 9.69 Å².